The molecule has 0 radical (unpaired) electrons. The van der Waals surface area contributed by atoms with Crippen LogP contribution in [-0.4, -0.2) is 84.0 Å². The van der Waals surface area contributed by atoms with E-state index in [4.69, 9.17) is 4.74 Å². The molecule has 1 N–H and O–H groups in total. The van der Waals surface area contributed by atoms with Crippen molar-refractivity contribution in [1.82, 2.24) is 9.80 Å². The standard InChI is InChI=1S/C40H46N4O3/c1-4-23-19-41-15-13-39-28-9-6-7-11-30(28)44-36(39)27(25(23)17-32(39)41)21-47-38(44)34-26-18-33-40(14-16-42(33)20-24(26)5-2)29-10-8-12-31(46)35(29)43(22(3)45)37(34)40/h4-12,25-27,32-34,36-38,46H,13-21H2,1-3H3/b23-4-,24-5-/t25-,26-,27-,32-,33-,34+,36-,37-,38-,39+,40+/m0/s1. The number of para-hydroxylation sites is 2. The molecule has 2 aromatic rings. The normalized spacial score (nSPS) is 45.3. The number of piperidine rings is 2. The van der Waals surface area contributed by atoms with Crippen LogP contribution < -0.4 is 9.80 Å². The molecular weight excluding hydrogens is 584 g/mol. The minimum Gasteiger partial charge on any atom is -0.506 e. The third-order valence-electron chi connectivity index (χ3n) is 15.3. The second-order valence-electron chi connectivity index (χ2n) is 16.3. The minimum atomic E-state index is -0.220. The van der Waals surface area contributed by atoms with Gasteiger partial charge in [-0.25, -0.2) is 0 Å². The zero-order valence-corrected chi connectivity index (χ0v) is 27.8. The summed E-state index contributed by atoms with van der Waals surface area (Å²) in [5, 5.41) is 11.5. The maximum absolute atomic E-state index is 14.0. The number of fused-ring (bicyclic) bond motifs is 6. The van der Waals surface area contributed by atoms with Gasteiger partial charge in [0, 0.05) is 66.5 Å². The molecule has 2 aliphatic carbocycles. The number of amides is 1. The molecular formula is C40H46N4O3. The van der Waals surface area contributed by atoms with E-state index in [1.807, 2.05) is 6.07 Å². The maximum atomic E-state index is 14.0. The van der Waals surface area contributed by atoms with Gasteiger partial charge in [-0.15, -0.1) is 0 Å². The van der Waals surface area contributed by atoms with Crippen LogP contribution in [0.15, 0.2) is 65.8 Å². The highest BCUT2D eigenvalue weighted by Crippen LogP contribution is 2.69. The fourth-order valence-corrected chi connectivity index (χ4v) is 14.0. The number of rotatable bonds is 1. The minimum absolute atomic E-state index is 0.0309. The van der Waals surface area contributed by atoms with Gasteiger partial charge in [0.05, 0.1) is 18.3 Å². The number of nitrogens with zero attached hydrogens (tertiary/aromatic N) is 4. The van der Waals surface area contributed by atoms with E-state index in [9.17, 15) is 9.90 Å². The van der Waals surface area contributed by atoms with Crippen molar-refractivity contribution < 1.29 is 14.6 Å². The largest absolute Gasteiger partial charge is 0.506 e. The van der Waals surface area contributed by atoms with Gasteiger partial charge in [0.15, 0.2) is 0 Å². The van der Waals surface area contributed by atoms with Gasteiger partial charge in [0.25, 0.3) is 0 Å². The molecule has 0 unspecified atom stereocenters. The third kappa shape index (κ3) is 2.99. The molecule has 7 fully saturated rings. The van der Waals surface area contributed by atoms with E-state index in [2.05, 4.69) is 75.9 Å². The summed E-state index contributed by atoms with van der Waals surface area (Å²) >= 11 is 0. The van der Waals surface area contributed by atoms with Crippen molar-refractivity contribution in [1.29, 1.82) is 0 Å². The van der Waals surface area contributed by atoms with Crippen LogP contribution in [0.1, 0.15) is 57.6 Å². The van der Waals surface area contributed by atoms with Gasteiger partial charge in [-0.2, -0.15) is 0 Å². The van der Waals surface area contributed by atoms with Crippen LogP contribution in [0.2, 0.25) is 0 Å². The van der Waals surface area contributed by atoms with E-state index in [1.165, 1.54) is 29.7 Å². The fourth-order valence-electron chi connectivity index (χ4n) is 14.0. The molecule has 7 aliphatic heterocycles. The van der Waals surface area contributed by atoms with Crippen LogP contribution in [0.3, 0.4) is 0 Å². The van der Waals surface area contributed by atoms with Crippen LogP contribution in [0.4, 0.5) is 11.4 Å². The van der Waals surface area contributed by atoms with Crippen molar-refractivity contribution in [2.24, 2.45) is 23.7 Å². The highest BCUT2D eigenvalue weighted by Gasteiger charge is 2.74. The number of phenolic OH excluding ortho intramolecular Hbond substituents is 1. The summed E-state index contributed by atoms with van der Waals surface area (Å²) in [6.07, 6.45) is 9.17. The molecule has 1 amide bonds. The molecule has 2 aromatic carbocycles. The number of carbonyl (C=O) groups is 1. The summed E-state index contributed by atoms with van der Waals surface area (Å²) in [7, 11) is 0. The number of anilines is 2. The van der Waals surface area contributed by atoms with Crippen LogP contribution in [0.25, 0.3) is 0 Å². The summed E-state index contributed by atoms with van der Waals surface area (Å²) in [5.41, 5.74) is 7.87. The Balaban J connectivity index is 1.14. The van der Waals surface area contributed by atoms with Gasteiger partial charge in [-0.1, -0.05) is 53.6 Å². The quantitative estimate of drug-likeness (QED) is 0.438. The Morgan fingerprint density at radius 3 is 2.26 bits per heavy atom. The lowest BCUT2D eigenvalue weighted by atomic mass is 9.53. The van der Waals surface area contributed by atoms with E-state index in [1.54, 1.807) is 24.1 Å². The van der Waals surface area contributed by atoms with Gasteiger partial charge >= 0.3 is 0 Å². The SMILES string of the molecule is C/C=C1/CN2CC[C@]34c5ccccc5N5[C@H]3[C@@H](CO[C@H]5[C@H]3[C@@H]5N(C(C)=O)c6c(O)cccc6[C@@]56CCN5C/C(=C/C)[C@@H]3C[C@H]56)[C@H]1C[C@H]24. The Bertz CT molecular complexity index is 1800. The van der Waals surface area contributed by atoms with Crippen LogP contribution in [0, 0.1) is 23.7 Å². The molecule has 7 nitrogen and oxygen atoms in total. The topological polar surface area (TPSA) is 59.5 Å². The van der Waals surface area contributed by atoms with Gasteiger partial charge in [-0.05, 0) is 87.7 Å². The highest BCUT2D eigenvalue weighted by atomic mass is 16.5. The van der Waals surface area contributed by atoms with Crippen molar-refractivity contribution in [3.05, 3.63) is 76.9 Å². The molecule has 11 atom stereocenters. The molecule has 7 heteroatoms. The first-order valence-electron chi connectivity index (χ1n) is 18.3. The Kier molecular flexibility index (Phi) is 5.38. The zero-order chi connectivity index (χ0) is 31.6. The average molecular weight is 631 g/mol. The second-order valence-corrected chi connectivity index (χ2v) is 16.3. The Morgan fingerprint density at radius 1 is 0.872 bits per heavy atom. The maximum Gasteiger partial charge on any atom is 0.224 e. The first-order valence-corrected chi connectivity index (χ1v) is 18.3. The lowest BCUT2D eigenvalue weighted by molar-refractivity contribution is -0.129. The lowest BCUT2D eigenvalue weighted by Gasteiger charge is -2.63. The number of hydrogen-bond acceptors (Lipinski definition) is 6. The van der Waals surface area contributed by atoms with Crippen LogP contribution in [-0.2, 0) is 20.4 Å². The van der Waals surface area contributed by atoms with Crippen molar-refractivity contribution in [2.45, 2.75) is 87.7 Å². The number of aromatic hydroxyl groups is 1. The molecule has 4 bridgehead atoms. The Labute approximate surface area is 277 Å². The molecule has 11 rings (SSSR count). The smallest absolute Gasteiger partial charge is 0.224 e. The van der Waals surface area contributed by atoms with E-state index < -0.39 is 0 Å². The van der Waals surface area contributed by atoms with E-state index in [0.717, 1.165) is 51.3 Å². The predicted molar refractivity (Wildman–Crippen MR) is 182 cm³/mol. The van der Waals surface area contributed by atoms with Crippen LogP contribution >= 0.6 is 0 Å². The van der Waals surface area contributed by atoms with Gasteiger partial charge < -0.3 is 19.6 Å². The second kappa shape index (κ2) is 9.10. The average Bonchev–Trinajstić information content (AvgIpc) is 3.84. The molecule has 9 aliphatic rings. The molecule has 2 spiro atoms. The zero-order valence-electron chi connectivity index (χ0n) is 27.8. The van der Waals surface area contributed by atoms with Gasteiger partial charge in [0.1, 0.15) is 12.0 Å². The molecule has 2 saturated carbocycles. The van der Waals surface area contributed by atoms with Crippen molar-refractivity contribution in [2.75, 3.05) is 42.6 Å². The van der Waals surface area contributed by atoms with E-state index in [-0.39, 0.29) is 40.7 Å². The molecule has 0 aromatic heterocycles. The van der Waals surface area contributed by atoms with Gasteiger partial charge in [-0.3, -0.25) is 14.6 Å². The summed E-state index contributed by atoms with van der Waals surface area (Å²) < 4.78 is 7.46. The lowest BCUT2D eigenvalue weighted by Crippen LogP contribution is -2.73. The number of ether oxygens (including phenoxy) is 1. The Hall–Kier alpha value is -3.13. The summed E-state index contributed by atoms with van der Waals surface area (Å²) in [5.74, 6) is 1.68. The third-order valence-corrected chi connectivity index (χ3v) is 15.3. The van der Waals surface area contributed by atoms with Gasteiger partial charge in [0.2, 0.25) is 5.91 Å². The molecule has 7 heterocycles. The predicted octanol–water partition coefficient (Wildman–Crippen LogP) is 5.19. The van der Waals surface area contributed by atoms with E-state index >= 15 is 0 Å². The van der Waals surface area contributed by atoms with Crippen molar-refractivity contribution in [3.63, 3.8) is 0 Å². The number of carbonyl (C=O) groups excluding carboxylic acids is 1. The summed E-state index contributed by atoms with van der Waals surface area (Å²) in [6, 6.07) is 16.6. The van der Waals surface area contributed by atoms with E-state index in [0.29, 0.717) is 35.9 Å². The Morgan fingerprint density at radius 2 is 1.53 bits per heavy atom. The number of allylic oxidation sites excluding steroid dienone is 2. The number of benzene rings is 2. The summed E-state index contributed by atoms with van der Waals surface area (Å²) in [6.45, 7) is 11.2. The number of hydrogen-bond donors (Lipinski definition) is 1. The monoisotopic (exact) mass is 630 g/mol. The number of phenols is 1. The first kappa shape index (κ1) is 27.8. The fraction of sp³-hybridized carbons (Fsp3) is 0.575. The summed E-state index contributed by atoms with van der Waals surface area (Å²) in [4.78, 5) is 24.4. The molecule has 244 valence electrons. The van der Waals surface area contributed by atoms with Crippen molar-refractivity contribution >= 4 is 17.3 Å². The van der Waals surface area contributed by atoms with Crippen LogP contribution in [0.5, 0.6) is 5.75 Å². The first-order chi connectivity index (χ1) is 22.9. The van der Waals surface area contributed by atoms with Crippen molar-refractivity contribution in [3.8, 4) is 5.75 Å². The molecule has 47 heavy (non-hydrogen) atoms. The molecule has 5 saturated heterocycles. The highest BCUT2D eigenvalue weighted by molar-refractivity contribution is 5.98.